The fraction of sp³-hybridized carbons (Fsp3) is 0.412. The van der Waals surface area contributed by atoms with Crippen molar-refractivity contribution in [1.29, 1.82) is 0 Å². The largest absolute Gasteiger partial charge is 0.465 e. The molecule has 0 aliphatic carbocycles. The van der Waals surface area contributed by atoms with Gasteiger partial charge in [-0.3, -0.25) is 14.2 Å². The van der Waals surface area contributed by atoms with Gasteiger partial charge in [0.25, 0.3) is 5.56 Å². The average Bonchev–Trinajstić information content (AvgIpc) is 2.66. The number of nitrogens with zero attached hydrogens (tertiary/aromatic N) is 2. The predicted octanol–water partition coefficient (Wildman–Crippen LogP) is 1.06. The van der Waals surface area contributed by atoms with Crippen LogP contribution in [0.25, 0.3) is 10.9 Å². The number of hydrogen-bond donors (Lipinski definition) is 1. The minimum absolute atomic E-state index is 0.134. The molecule has 0 spiro atoms. The number of benzene rings is 1. The number of hydrogen-bond acceptors (Lipinski definition) is 7. The molecule has 8 nitrogen and oxygen atoms in total. The van der Waals surface area contributed by atoms with Gasteiger partial charge in [0.15, 0.2) is 5.16 Å². The van der Waals surface area contributed by atoms with Crippen molar-refractivity contribution in [2.24, 2.45) is 0 Å². The Morgan fingerprint density at radius 3 is 2.73 bits per heavy atom. The van der Waals surface area contributed by atoms with E-state index in [1.165, 1.54) is 35.6 Å². The van der Waals surface area contributed by atoms with Crippen LogP contribution in [0, 0.1) is 0 Å². The summed E-state index contributed by atoms with van der Waals surface area (Å²) >= 11 is 1.17. The van der Waals surface area contributed by atoms with Gasteiger partial charge in [0.05, 0.1) is 29.3 Å². The number of rotatable bonds is 8. The van der Waals surface area contributed by atoms with Crippen LogP contribution in [0.5, 0.6) is 0 Å². The highest BCUT2D eigenvalue weighted by Crippen LogP contribution is 2.19. The Bertz CT molecular complexity index is 865. The van der Waals surface area contributed by atoms with Gasteiger partial charge in [-0.1, -0.05) is 11.8 Å². The van der Waals surface area contributed by atoms with Crippen molar-refractivity contribution in [3.63, 3.8) is 0 Å². The van der Waals surface area contributed by atoms with E-state index < -0.39 is 5.97 Å². The molecule has 1 aromatic heterocycles. The number of fused-ring (bicyclic) bond motifs is 1. The molecule has 0 aliphatic heterocycles. The fourth-order valence-electron chi connectivity index (χ4n) is 2.32. The van der Waals surface area contributed by atoms with Crippen LogP contribution in [-0.4, -0.2) is 55.1 Å². The van der Waals surface area contributed by atoms with Gasteiger partial charge < -0.3 is 14.8 Å². The van der Waals surface area contributed by atoms with E-state index in [4.69, 9.17) is 9.47 Å². The van der Waals surface area contributed by atoms with E-state index in [2.05, 4.69) is 10.3 Å². The lowest BCUT2D eigenvalue weighted by atomic mass is 10.1. The topological polar surface area (TPSA) is 99.5 Å². The second kappa shape index (κ2) is 9.35. The van der Waals surface area contributed by atoms with Crippen LogP contribution in [0.4, 0.5) is 0 Å². The molecular weight excluding hydrogens is 358 g/mol. The molecule has 1 aromatic carbocycles. The number of methoxy groups -OCH3 is 2. The Morgan fingerprint density at radius 2 is 2.08 bits per heavy atom. The lowest BCUT2D eigenvalue weighted by Crippen LogP contribution is -2.26. The number of amides is 1. The van der Waals surface area contributed by atoms with E-state index in [9.17, 15) is 14.4 Å². The summed E-state index contributed by atoms with van der Waals surface area (Å²) in [4.78, 5) is 40.6. The SMILES string of the molecule is CNC(=O)CSc1nc2cc(C(=O)OC)ccc2c(=O)n1CCCOC. The van der Waals surface area contributed by atoms with Gasteiger partial charge in [-0.25, -0.2) is 9.78 Å². The molecule has 0 saturated carbocycles. The smallest absolute Gasteiger partial charge is 0.337 e. The molecule has 0 bridgehead atoms. The third kappa shape index (κ3) is 4.61. The van der Waals surface area contributed by atoms with Gasteiger partial charge in [-0.15, -0.1) is 0 Å². The first-order valence-corrected chi connectivity index (χ1v) is 8.95. The second-order valence-corrected chi connectivity index (χ2v) is 6.33. The highest BCUT2D eigenvalue weighted by molar-refractivity contribution is 7.99. The third-order valence-electron chi connectivity index (χ3n) is 3.68. The molecular formula is C17H21N3O5S. The minimum atomic E-state index is -0.502. The zero-order valence-electron chi connectivity index (χ0n) is 14.9. The van der Waals surface area contributed by atoms with Gasteiger partial charge in [-0.05, 0) is 24.6 Å². The number of nitrogens with one attached hydrogen (secondary N) is 1. The summed E-state index contributed by atoms with van der Waals surface area (Å²) in [6.45, 7) is 0.926. The van der Waals surface area contributed by atoms with Gasteiger partial charge >= 0.3 is 5.97 Å². The first kappa shape index (κ1) is 19.9. The third-order valence-corrected chi connectivity index (χ3v) is 4.66. The molecule has 9 heteroatoms. The Hall–Kier alpha value is -2.39. The second-order valence-electron chi connectivity index (χ2n) is 5.38. The van der Waals surface area contributed by atoms with E-state index in [0.29, 0.717) is 41.2 Å². The Balaban J connectivity index is 2.50. The summed E-state index contributed by atoms with van der Waals surface area (Å²) in [6.07, 6.45) is 0.636. The van der Waals surface area contributed by atoms with Crippen LogP contribution in [-0.2, 0) is 20.8 Å². The van der Waals surface area contributed by atoms with Crippen molar-refractivity contribution in [2.45, 2.75) is 18.1 Å². The monoisotopic (exact) mass is 379 g/mol. The highest BCUT2D eigenvalue weighted by Gasteiger charge is 2.15. The summed E-state index contributed by atoms with van der Waals surface area (Å²) in [5, 5.41) is 3.36. The molecule has 26 heavy (non-hydrogen) atoms. The van der Waals surface area contributed by atoms with Gasteiger partial charge in [0, 0.05) is 27.3 Å². The molecule has 0 fully saturated rings. The van der Waals surface area contributed by atoms with E-state index in [-0.39, 0.29) is 17.2 Å². The van der Waals surface area contributed by atoms with Crippen LogP contribution < -0.4 is 10.9 Å². The minimum Gasteiger partial charge on any atom is -0.465 e. The van der Waals surface area contributed by atoms with Gasteiger partial charge in [0.2, 0.25) is 5.91 Å². The average molecular weight is 379 g/mol. The predicted molar refractivity (Wildman–Crippen MR) is 98.6 cm³/mol. The molecule has 0 aliphatic rings. The summed E-state index contributed by atoms with van der Waals surface area (Å²) in [5.41, 5.74) is 0.480. The van der Waals surface area contributed by atoms with E-state index in [1.54, 1.807) is 20.2 Å². The summed E-state index contributed by atoms with van der Waals surface area (Å²) < 4.78 is 11.3. The number of aromatic nitrogens is 2. The first-order chi connectivity index (χ1) is 12.5. The summed E-state index contributed by atoms with van der Waals surface area (Å²) in [6, 6.07) is 4.62. The number of esters is 1. The van der Waals surface area contributed by atoms with Crippen molar-refractivity contribution in [2.75, 3.05) is 33.6 Å². The Labute approximate surface area is 154 Å². The molecule has 2 aromatic rings. The fourth-order valence-corrected chi connectivity index (χ4v) is 3.22. The number of thioether (sulfide) groups is 1. The van der Waals surface area contributed by atoms with Gasteiger partial charge in [-0.2, -0.15) is 0 Å². The normalized spacial score (nSPS) is 10.7. The standard InChI is InChI=1S/C17H21N3O5S/c1-18-14(21)10-26-17-19-13-9-11(16(23)25-3)5-6-12(13)15(22)20(17)7-4-8-24-2/h5-6,9H,4,7-8,10H2,1-3H3,(H,18,21). The lowest BCUT2D eigenvalue weighted by Gasteiger charge is -2.13. The Kier molecular flexibility index (Phi) is 7.16. The number of carbonyl (C=O) groups is 2. The first-order valence-electron chi connectivity index (χ1n) is 7.97. The zero-order valence-corrected chi connectivity index (χ0v) is 15.7. The molecule has 0 radical (unpaired) electrons. The van der Waals surface area contributed by atoms with Crippen LogP contribution >= 0.6 is 11.8 Å². The van der Waals surface area contributed by atoms with E-state index in [0.717, 1.165) is 0 Å². The Morgan fingerprint density at radius 1 is 1.31 bits per heavy atom. The summed E-state index contributed by atoms with van der Waals surface area (Å²) in [7, 11) is 4.43. The number of carbonyl (C=O) groups excluding carboxylic acids is 2. The van der Waals surface area contributed by atoms with Crippen molar-refractivity contribution in [1.82, 2.24) is 14.9 Å². The van der Waals surface area contributed by atoms with Crippen LogP contribution in [0.3, 0.4) is 0 Å². The molecule has 0 unspecified atom stereocenters. The van der Waals surface area contributed by atoms with E-state index >= 15 is 0 Å². The summed E-state index contributed by atoms with van der Waals surface area (Å²) in [5.74, 6) is -0.538. The molecule has 2 rings (SSSR count). The maximum Gasteiger partial charge on any atom is 0.337 e. The van der Waals surface area contributed by atoms with Crippen molar-refractivity contribution >= 4 is 34.5 Å². The van der Waals surface area contributed by atoms with Crippen molar-refractivity contribution in [3.05, 3.63) is 34.1 Å². The number of ether oxygens (including phenoxy) is 2. The highest BCUT2D eigenvalue weighted by atomic mass is 32.2. The zero-order chi connectivity index (χ0) is 19.1. The molecule has 1 heterocycles. The molecule has 140 valence electrons. The molecule has 1 amide bonds. The van der Waals surface area contributed by atoms with Crippen LogP contribution in [0.1, 0.15) is 16.8 Å². The lowest BCUT2D eigenvalue weighted by molar-refractivity contribution is -0.118. The maximum atomic E-state index is 12.9. The van der Waals surface area contributed by atoms with Crippen molar-refractivity contribution < 1.29 is 19.1 Å². The molecule has 0 saturated heterocycles. The van der Waals surface area contributed by atoms with Crippen LogP contribution in [0.2, 0.25) is 0 Å². The quantitative estimate of drug-likeness (QED) is 0.317. The molecule has 1 N–H and O–H groups in total. The van der Waals surface area contributed by atoms with E-state index in [1.807, 2.05) is 0 Å². The molecule has 0 atom stereocenters. The van der Waals surface area contributed by atoms with Crippen LogP contribution in [0.15, 0.2) is 28.2 Å². The maximum absolute atomic E-state index is 12.9. The van der Waals surface area contributed by atoms with Crippen molar-refractivity contribution in [3.8, 4) is 0 Å². The van der Waals surface area contributed by atoms with Gasteiger partial charge in [0.1, 0.15) is 0 Å².